The van der Waals surface area contributed by atoms with E-state index in [4.69, 9.17) is 0 Å². The summed E-state index contributed by atoms with van der Waals surface area (Å²) in [7, 11) is 1.74. The van der Waals surface area contributed by atoms with Crippen LogP contribution in [0, 0.1) is 0 Å². The maximum absolute atomic E-state index is 12.7. The molecule has 1 aliphatic rings. The summed E-state index contributed by atoms with van der Waals surface area (Å²) in [6.07, 6.45) is 3.24. The van der Waals surface area contributed by atoms with Crippen molar-refractivity contribution in [2.24, 2.45) is 0 Å². The number of nitrogens with zero attached hydrogens (tertiary/aromatic N) is 3. The van der Waals surface area contributed by atoms with Crippen LogP contribution in [0.25, 0.3) is 0 Å². The van der Waals surface area contributed by atoms with E-state index in [9.17, 15) is 14.4 Å². The second-order valence-corrected chi connectivity index (χ2v) is 6.62. The lowest BCUT2D eigenvalue weighted by atomic mass is 10.1. The molecule has 0 bridgehead atoms. The molecule has 1 aromatic carbocycles. The molecule has 1 aliphatic heterocycles. The monoisotopic (exact) mass is 356 g/mol. The fourth-order valence-corrected chi connectivity index (χ4v) is 3.25. The van der Waals surface area contributed by atoms with Crippen LogP contribution in [-0.2, 0) is 17.9 Å². The lowest BCUT2D eigenvalue weighted by Gasteiger charge is -2.31. The number of nitrogens with one attached hydrogen (secondary N) is 1. The number of benzene rings is 1. The molecular weight excluding hydrogens is 332 g/mol. The van der Waals surface area contributed by atoms with Crippen LogP contribution >= 0.6 is 0 Å². The van der Waals surface area contributed by atoms with E-state index in [2.05, 4.69) is 5.32 Å². The van der Waals surface area contributed by atoms with Crippen LogP contribution in [0.5, 0.6) is 0 Å². The van der Waals surface area contributed by atoms with Gasteiger partial charge in [-0.2, -0.15) is 0 Å². The number of amides is 1. The first-order valence-electron chi connectivity index (χ1n) is 8.87. The Bertz CT molecular complexity index is 866. The fraction of sp³-hybridized carbons (Fsp3) is 0.421. The van der Waals surface area contributed by atoms with Gasteiger partial charge in [0.25, 0.3) is 5.56 Å². The number of aromatic nitrogens is 2. The summed E-state index contributed by atoms with van der Waals surface area (Å²) in [6, 6.07) is 11.0. The molecule has 7 heteroatoms. The minimum Gasteiger partial charge on any atom is -0.341 e. The van der Waals surface area contributed by atoms with Crippen LogP contribution in [-0.4, -0.2) is 46.1 Å². The van der Waals surface area contributed by atoms with Crippen molar-refractivity contribution in [1.82, 2.24) is 19.4 Å². The van der Waals surface area contributed by atoms with Crippen molar-refractivity contribution in [2.45, 2.75) is 32.0 Å². The van der Waals surface area contributed by atoms with Gasteiger partial charge in [-0.15, -0.1) is 0 Å². The van der Waals surface area contributed by atoms with Crippen molar-refractivity contribution in [1.29, 1.82) is 0 Å². The molecule has 1 N–H and O–H groups in total. The second-order valence-electron chi connectivity index (χ2n) is 6.62. The molecule has 26 heavy (non-hydrogen) atoms. The summed E-state index contributed by atoms with van der Waals surface area (Å²) in [6.45, 7) is 1.88. The smallest absolute Gasteiger partial charge is 0.331 e. The number of hydrogen-bond donors (Lipinski definition) is 1. The standard InChI is InChI=1S/C19H24N4O3/c1-21(16-7-10-20-11-8-16)18(25)14-23-17(24)9-12-22(19(23)26)13-15-5-3-2-4-6-15/h2-6,9,12,16,20H,7-8,10-11,13-14H2,1H3. The van der Waals surface area contributed by atoms with E-state index in [0.717, 1.165) is 36.1 Å². The van der Waals surface area contributed by atoms with Crippen LogP contribution in [0.15, 0.2) is 52.2 Å². The summed E-state index contributed by atoms with van der Waals surface area (Å²) in [4.78, 5) is 39.1. The Balaban J connectivity index is 1.78. The lowest BCUT2D eigenvalue weighted by molar-refractivity contribution is -0.133. The maximum Gasteiger partial charge on any atom is 0.331 e. The quantitative estimate of drug-likeness (QED) is 0.834. The molecule has 1 saturated heterocycles. The molecule has 3 rings (SSSR count). The van der Waals surface area contributed by atoms with Crippen LogP contribution in [0.4, 0.5) is 0 Å². The summed E-state index contributed by atoms with van der Waals surface area (Å²) < 4.78 is 2.47. The Hall–Kier alpha value is -2.67. The SMILES string of the molecule is CN(C(=O)Cn1c(=O)ccn(Cc2ccccc2)c1=O)C1CCNCC1. The van der Waals surface area contributed by atoms with Gasteiger partial charge in [-0.05, 0) is 31.5 Å². The Kier molecular flexibility index (Phi) is 5.68. The summed E-state index contributed by atoms with van der Waals surface area (Å²) in [5.74, 6) is -0.214. The van der Waals surface area contributed by atoms with E-state index in [1.165, 1.54) is 16.8 Å². The summed E-state index contributed by atoms with van der Waals surface area (Å²) >= 11 is 0. The molecule has 138 valence electrons. The number of hydrogen-bond acceptors (Lipinski definition) is 4. The zero-order valence-corrected chi connectivity index (χ0v) is 14.9. The van der Waals surface area contributed by atoms with Gasteiger partial charge >= 0.3 is 5.69 Å². The molecule has 0 unspecified atom stereocenters. The molecule has 0 spiro atoms. The fourth-order valence-electron chi connectivity index (χ4n) is 3.25. The number of likely N-dealkylation sites (N-methyl/N-ethyl adjacent to an activating group) is 1. The van der Waals surface area contributed by atoms with Gasteiger partial charge in [0.1, 0.15) is 6.54 Å². The average molecular weight is 356 g/mol. The first-order valence-corrected chi connectivity index (χ1v) is 8.87. The Morgan fingerprint density at radius 2 is 1.85 bits per heavy atom. The second kappa shape index (κ2) is 8.14. The van der Waals surface area contributed by atoms with Crippen molar-refractivity contribution in [2.75, 3.05) is 20.1 Å². The van der Waals surface area contributed by atoms with Crippen LogP contribution in [0.3, 0.4) is 0 Å². The van der Waals surface area contributed by atoms with E-state index in [1.807, 2.05) is 30.3 Å². The predicted molar refractivity (Wildman–Crippen MR) is 99.2 cm³/mol. The minimum atomic E-state index is -0.464. The van der Waals surface area contributed by atoms with Gasteiger partial charge < -0.3 is 10.2 Å². The van der Waals surface area contributed by atoms with Gasteiger partial charge in [0.05, 0.1) is 6.54 Å². The number of carbonyl (C=O) groups excluding carboxylic acids is 1. The van der Waals surface area contributed by atoms with Crippen molar-refractivity contribution < 1.29 is 4.79 Å². The highest BCUT2D eigenvalue weighted by Gasteiger charge is 2.23. The van der Waals surface area contributed by atoms with Gasteiger partial charge in [-0.1, -0.05) is 30.3 Å². The molecule has 0 saturated carbocycles. The van der Waals surface area contributed by atoms with Gasteiger partial charge in [-0.3, -0.25) is 18.7 Å². The molecule has 0 aliphatic carbocycles. The first-order chi connectivity index (χ1) is 12.6. The molecule has 7 nitrogen and oxygen atoms in total. The third-order valence-electron chi connectivity index (χ3n) is 4.88. The van der Waals surface area contributed by atoms with E-state index in [-0.39, 0.29) is 18.5 Å². The third kappa shape index (κ3) is 4.11. The number of piperidine rings is 1. The highest BCUT2D eigenvalue weighted by molar-refractivity contribution is 5.76. The zero-order valence-electron chi connectivity index (χ0n) is 14.9. The minimum absolute atomic E-state index is 0.148. The molecule has 1 fully saturated rings. The van der Waals surface area contributed by atoms with Crippen LogP contribution in [0.2, 0.25) is 0 Å². The van der Waals surface area contributed by atoms with Crippen LogP contribution < -0.4 is 16.6 Å². The lowest BCUT2D eigenvalue weighted by Crippen LogP contribution is -2.48. The highest BCUT2D eigenvalue weighted by Crippen LogP contribution is 2.10. The zero-order chi connectivity index (χ0) is 18.5. The van der Waals surface area contributed by atoms with E-state index < -0.39 is 11.2 Å². The molecule has 0 radical (unpaired) electrons. The Morgan fingerprint density at radius 1 is 1.15 bits per heavy atom. The predicted octanol–water partition coefficient (Wildman–Crippen LogP) is 0.269. The molecule has 2 aromatic rings. The molecular formula is C19H24N4O3. The van der Waals surface area contributed by atoms with Crippen molar-refractivity contribution in [3.63, 3.8) is 0 Å². The van der Waals surface area contributed by atoms with E-state index in [1.54, 1.807) is 11.9 Å². The van der Waals surface area contributed by atoms with Gasteiger partial charge in [0.15, 0.2) is 0 Å². The maximum atomic E-state index is 12.7. The number of rotatable bonds is 5. The van der Waals surface area contributed by atoms with Gasteiger partial charge in [0, 0.05) is 25.4 Å². The third-order valence-corrected chi connectivity index (χ3v) is 4.88. The van der Waals surface area contributed by atoms with Crippen molar-refractivity contribution >= 4 is 5.91 Å². The van der Waals surface area contributed by atoms with Crippen molar-refractivity contribution in [3.8, 4) is 0 Å². The molecule has 2 heterocycles. The average Bonchev–Trinajstić information content (AvgIpc) is 2.68. The van der Waals surface area contributed by atoms with Gasteiger partial charge in [0.2, 0.25) is 5.91 Å². The highest BCUT2D eigenvalue weighted by atomic mass is 16.2. The normalized spacial score (nSPS) is 15.0. The Morgan fingerprint density at radius 3 is 2.54 bits per heavy atom. The summed E-state index contributed by atoms with van der Waals surface area (Å²) in [5.41, 5.74) is 0.0396. The Labute approximate surface area is 151 Å². The first kappa shape index (κ1) is 18.1. The van der Waals surface area contributed by atoms with E-state index in [0.29, 0.717) is 6.54 Å². The van der Waals surface area contributed by atoms with Gasteiger partial charge in [-0.25, -0.2) is 4.79 Å². The van der Waals surface area contributed by atoms with Crippen molar-refractivity contribution in [3.05, 3.63) is 69.0 Å². The number of carbonyl (C=O) groups is 1. The molecule has 0 atom stereocenters. The largest absolute Gasteiger partial charge is 0.341 e. The molecule has 1 aromatic heterocycles. The topological polar surface area (TPSA) is 76.3 Å². The summed E-state index contributed by atoms with van der Waals surface area (Å²) in [5, 5.41) is 3.26. The van der Waals surface area contributed by atoms with Crippen LogP contribution in [0.1, 0.15) is 18.4 Å². The van der Waals surface area contributed by atoms with E-state index >= 15 is 0 Å². The molecule has 1 amide bonds.